The van der Waals surface area contributed by atoms with Crippen LogP contribution in [0.4, 0.5) is 0 Å². The summed E-state index contributed by atoms with van der Waals surface area (Å²) in [6, 6.07) is 0.483. The highest BCUT2D eigenvalue weighted by atomic mass is 32.2. The van der Waals surface area contributed by atoms with Crippen molar-refractivity contribution >= 4 is 10.0 Å². The summed E-state index contributed by atoms with van der Waals surface area (Å²) in [6.45, 7) is 6.34. The van der Waals surface area contributed by atoms with E-state index in [2.05, 4.69) is 23.9 Å². The predicted molar refractivity (Wildman–Crippen MR) is 68.5 cm³/mol. The second kappa shape index (κ2) is 6.13. The standard InChI is InChI=1S/C11H24N2O3S/c1-11(2)9-10(5-8-16-11)12-6-4-7-13-17(3,14)15/h10,12-13H,4-9H2,1-3H3. The van der Waals surface area contributed by atoms with E-state index in [-0.39, 0.29) is 5.60 Å². The molecule has 0 amide bonds. The van der Waals surface area contributed by atoms with Gasteiger partial charge in [-0.2, -0.15) is 0 Å². The molecule has 2 N–H and O–H groups in total. The predicted octanol–water partition coefficient (Wildman–Crippen LogP) is 0.473. The lowest BCUT2D eigenvalue weighted by Gasteiger charge is -2.36. The molecule has 5 nitrogen and oxygen atoms in total. The first kappa shape index (κ1) is 14.9. The molecular weight excluding hydrogens is 240 g/mol. The minimum atomic E-state index is -3.05. The molecule has 1 atom stereocenters. The molecule has 1 aliphatic rings. The molecule has 1 heterocycles. The van der Waals surface area contributed by atoms with E-state index in [0.717, 1.165) is 32.4 Å². The molecular formula is C11H24N2O3S. The van der Waals surface area contributed by atoms with Crippen molar-refractivity contribution in [1.29, 1.82) is 0 Å². The van der Waals surface area contributed by atoms with Crippen molar-refractivity contribution in [2.75, 3.05) is 26.0 Å². The Labute approximate surface area is 104 Å². The van der Waals surface area contributed by atoms with Crippen LogP contribution in [0.3, 0.4) is 0 Å². The fraction of sp³-hybridized carbons (Fsp3) is 1.00. The van der Waals surface area contributed by atoms with Crippen LogP contribution in [0, 0.1) is 0 Å². The van der Waals surface area contributed by atoms with E-state index in [1.807, 2.05) is 0 Å². The molecule has 0 saturated carbocycles. The van der Waals surface area contributed by atoms with Crippen LogP contribution in [-0.2, 0) is 14.8 Å². The molecule has 1 unspecified atom stereocenters. The third-order valence-corrected chi connectivity index (χ3v) is 3.58. The van der Waals surface area contributed by atoms with E-state index < -0.39 is 10.0 Å². The maximum Gasteiger partial charge on any atom is 0.208 e. The van der Waals surface area contributed by atoms with Crippen molar-refractivity contribution in [2.24, 2.45) is 0 Å². The Kier molecular flexibility index (Phi) is 5.37. The first-order valence-electron chi connectivity index (χ1n) is 6.10. The first-order valence-corrected chi connectivity index (χ1v) is 8.00. The van der Waals surface area contributed by atoms with Crippen LogP contribution in [-0.4, -0.2) is 46.0 Å². The second-order valence-electron chi connectivity index (χ2n) is 5.27. The zero-order chi connectivity index (χ0) is 12.9. The van der Waals surface area contributed by atoms with Gasteiger partial charge in [-0.1, -0.05) is 0 Å². The van der Waals surface area contributed by atoms with Gasteiger partial charge in [0.15, 0.2) is 0 Å². The molecule has 0 aromatic heterocycles. The Hall–Kier alpha value is -0.170. The van der Waals surface area contributed by atoms with Gasteiger partial charge in [0.05, 0.1) is 11.9 Å². The van der Waals surface area contributed by atoms with Crippen LogP contribution < -0.4 is 10.0 Å². The van der Waals surface area contributed by atoms with Gasteiger partial charge in [-0.3, -0.25) is 0 Å². The van der Waals surface area contributed by atoms with Crippen molar-refractivity contribution in [1.82, 2.24) is 10.0 Å². The van der Waals surface area contributed by atoms with Gasteiger partial charge in [0.1, 0.15) is 0 Å². The molecule has 1 rings (SSSR count). The van der Waals surface area contributed by atoms with Gasteiger partial charge in [0.2, 0.25) is 10.0 Å². The minimum absolute atomic E-state index is 0.0407. The summed E-state index contributed by atoms with van der Waals surface area (Å²) in [7, 11) is -3.05. The Morgan fingerprint density at radius 3 is 2.65 bits per heavy atom. The summed E-state index contributed by atoms with van der Waals surface area (Å²) >= 11 is 0. The number of nitrogens with one attached hydrogen (secondary N) is 2. The van der Waals surface area contributed by atoms with Crippen LogP contribution >= 0.6 is 0 Å². The molecule has 0 aliphatic carbocycles. The number of hydrogen-bond acceptors (Lipinski definition) is 4. The molecule has 0 bridgehead atoms. The van der Waals surface area contributed by atoms with Crippen molar-refractivity contribution < 1.29 is 13.2 Å². The van der Waals surface area contributed by atoms with E-state index in [9.17, 15) is 8.42 Å². The number of ether oxygens (including phenoxy) is 1. The summed E-state index contributed by atoms with van der Waals surface area (Å²) in [4.78, 5) is 0. The normalized spacial score (nSPS) is 24.8. The molecule has 0 spiro atoms. The van der Waals surface area contributed by atoms with Crippen LogP contribution in [0.25, 0.3) is 0 Å². The maximum atomic E-state index is 10.8. The molecule has 1 fully saturated rings. The van der Waals surface area contributed by atoms with E-state index in [1.165, 1.54) is 6.26 Å². The topological polar surface area (TPSA) is 67.4 Å². The maximum absolute atomic E-state index is 10.8. The second-order valence-corrected chi connectivity index (χ2v) is 7.11. The highest BCUT2D eigenvalue weighted by Crippen LogP contribution is 2.23. The molecule has 0 radical (unpaired) electrons. The van der Waals surface area contributed by atoms with Crippen molar-refractivity contribution in [3.63, 3.8) is 0 Å². The first-order chi connectivity index (χ1) is 7.79. The monoisotopic (exact) mass is 264 g/mol. The third-order valence-electron chi connectivity index (χ3n) is 2.85. The van der Waals surface area contributed by atoms with Gasteiger partial charge in [0.25, 0.3) is 0 Å². The average molecular weight is 264 g/mol. The fourth-order valence-corrected chi connectivity index (χ4v) is 2.57. The molecule has 102 valence electrons. The van der Waals surface area contributed by atoms with Gasteiger partial charge in [-0.15, -0.1) is 0 Å². The summed E-state index contributed by atoms with van der Waals surface area (Å²) in [6.07, 6.45) is 4.03. The van der Waals surface area contributed by atoms with Crippen molar-refractivity contribution in [3.05, 3.63) is 0 Å². The van der Waals surface area contributed by atoms with E-state index >= 15 is 0 Å². The molecule has 17 heavy (non-hydrogen) atoms. The van der Waals surface area contributed by atoms with E-state index in [4.69, 9.17) is 4.74 Å². The minimum Gasteiger partial charge on any atom is -0.375 e. The van der Waals surface area contributed by atoms with Gasteiger partial charge in [-0.05, 0) is 39.7 Å². The average Bonchev–Trinajstić information content (AvgIpc) is 2.13. The van der Waals surface area contributed by atoms with Crippen LogP contribution in [0.15, 0.2) is 0 Å². The Morgan fingerprint density at radius 1 is 1.35 bits per heavy atom. The Balaban J connectivity index is 2.11. The van der Waals surface area contributed by atoms with Gasteiger partial charge in [-0.25, -0.2) is 13.1 Å². The number of rotatable bonds is 6. The lowest BCUT2D eigenvalue weighted by molar-refractivity contribution is -0.0627. The van der Waals surface area contributed by atoms with Gasteiger partial charge in [0, 0.05) is 19.2 Å². The molecule has 1 saturated heterocycles. The summed E-state index contributed by atoms with van der Waals surface area (Å²) in [5, 5.41) is 3.45. The Morgan fingerprint density at radius 2 is 2.06 bits per heavy atom. The molecule has 0 aromatic rings. The summed E-state index contributed by atoms with van der Waals surface area (Å²) in [5.41, 5.74) is -0.0407. The molecule has 0 aromatic carbocycles. The van der Waals surface area contributed by atoms with Crippen LogP contribution in [0.1, 0.15) is 33.1 Å². The Bertz CT molecular complexity index is 328. The molecule has 6 heteroatoms. The fourth-order valence-electron chi connectivity index (χ4n) is 2.06. The third kappa shape index (κ3) is 6.98. The van der Waals surface area contributed by atoms with E-state index in [0.29, 0.717) is 12.6 Å². The smallest absolute Gasteiger partial charge is 0.208 e. The zero-order valence-corrected chi connectivity index (χ0v) is 11.8. The highest BCUT2D eigenvalue weighted by molar-refractivity contribution is 7.88. The number of hydrogen-bond donors (Lipinski definition) is 2. The van der Waals surface area contributed by atoms with Crippen LogP contribution in [0.5, 0.6) is 0 Å². The zero-order valence-electron chi connectivity index (χ0n) is 11.0. The highest BCUT2D eigenvalue weighted by Gasteiger charge is 2.28. The number of sulfonamides is 1. The quantitative estimate of drug-likeness (QED) is 0.685. The molecule has 1 aliphatic heterocycles. The summed E-state index contributed by atoms with van der Waals surface area (Å²) in [5.74, 6) is 0. The van der Waals surface area contributed by atoms with Crippen molar-refractivity contribution in [2.45, 2.75) is 44.8 Å². The lowest BCUT2D eigenvalue weighted by Crippen LogP contribution is -2.44. The van der Waals surface area contributed by atoms with Crippen LogP contribution in [0.2, 0.25) is 0 Å². The van der Waals surface area contributed by atoms with Crippen molar-refractivity contribution in [3.8, 4) is 0 Å². The van der Waals surface area contributed by atoms with Gasteiger partial charge < -0.3 is 10.1 Å². The SMILES string of the molecule is CC1(C)CC(NCCCNS(C)(=O)=O)CCO1. The van der Waals surface area contributed by atoms with Gasteiger partial charge >= 0.3 is 0 Å². The largest absolute Gasteiger partial charge is 0.375 e. The summed E-state index contributed by atoms with van der Waals surface area (Å²) < 4.78 is 29.8. The lowest BCUT2D eigenvalue weighted by atomic mass is 9.94. The van der Waals surface area contributed by atoms with E-state index in [1.54, 1.807) is 0 Å².